The van der Waals surface area contributed by atoms with Crippen molar-refractivity contribution in [1.82, 2.24) is 24.4 Å². The molecule has 0 radical (unpaired) electrons. The maximum Gasteiger partial charge on any atom is 0.419 e. The number of nitrogens with two attached hydrogens (primary N) is 1. The molecular formula is C23H26F3N7O3. The number of alkyl halides is 3. The number of hydrogen-bond donors (Lipinski definition) is 1. The van der Waals surface area contributed by atoms with Crippen molar-refractivity contribution >= 4 is 28.8 Å². The number of carbonyl (C=O) groups excluding carboxylic acids is 2. The number of pyridine rings is 1. The van der Waals surface area contributed by atoms with Crippen LogP contribution in [0.5, 0.6) is 0 Å². The number of ether oxygens (including phenoxy) is 1. The quantitative estimate of drug-likeness (QED) is 0.466. The molecule has 3 aromatic heterocycles. The molecule has 1 aliphatic rings. The van der Waals surface area contributed by atoms with Crippen molar-refractivity contribution in [3.8, 4) is 0 Å². The lowest BCUT2D eigenvalue weighted by Crippen LogP contribution is -2.47. The van der Waals surface area contributed by atoms with Crippen molar-refractivity contribution in [2.24, 2.45) is 5.73 Å². The van der Waals surface area contributed by atoms with Crippen molar-refractivity contribution in [3.05, 3.63) is 48.0 Å². The molecule has 2 N–H and O–H groups in total. The van der Waals surface area contributed by atoms with Crippen LogP contribution in [0.4, 0.5) is 19.1 Å². The van der Waals surface area contributed by atoms with E-state index in [0.29, 0.717) is 38.0 Å². The number of likely N-dealkylation sites (N-methyl/N-ethyl adjacent to an activating group) is 1. The van der Waals surface area contributed by atoms with E-state index in [1.165, 1.54) is 6.20 Å². The highest BCUT2D eigenvalue weighted by Gasteiger charge is 2.32. The van der Waals surface area contributed by atoms with Crippen LogP contribution in [0.15, 0.2) is 36.9 Å². The minimum absolute atomic E-state index is 0.0153. The standard InChI is InChI=1S/C23H26F3N7O3/c1-31(17-2-5-33(6-3-17)22-29-12-16(13-30-22)23(24,25)26)20(34)14-36-9-8-32-7-4-18-19(32)10-15(11-28-18)21(27)35/h4,7,10-13,17H,2-3,5-6,8-9,14H2,1H3,(H2,27,35). The van der Waals surface area contributed by atoms with Gasteiger partial charge in [-0.3, -0.25) is 14.6 Å². The summed E-state index contributed by atoms with van der Waals surface area (Å²) in [5.74, 6) is -0.469. The summed E-state index contributed by atoms with van der Waals surface area (Å²) in [6, 6.07) is 3.48. The van der Waals surface area contributed by atoms with Crippen molar-refractivity contribution in [3.63, 3.8) is 0 Å². The molecule has 0 bridgehead atoms. The van der Waals surface area contributed by atoms with E-state index in [4.69, 9.17) is 10.5 Å². The highest BCUT2D eigenvalue weighted by atomic mass is 19.4. The predicted octanol–water partition coefficient (Wildman–Crippen LogP) is 2.09. The Morgan fingerprint density at radius 1 is 1.17 bits per heavy atom. The van der Waals surface area contributed by atoms with Gasteiger partial charge in [-0.2, -0.15) is 13.2 Å². The number of hydrogen-bond acceptors (Lipinski definition) is 7. The van der Waals surface area contributed by atoms with E-state index >= 15 is 0 Å². The Bertz CT molecular complexity index is 1220. The summed E-state index contributed by atoms with van der Waals surface area (Å²) in [5, 5.41) is 0. The third-order valence-corrected chi connectivity index (χ3v) is 6.26. The second-order valence-electron chi connectivity index (χ2n) is 8.55. The van der Waals surface area contributed by atoms with Crippen molar-refractivity contribution in [2.45, 2.75) is 31.6 Å². The third-order valence-electron chi connectivity index (χ3n) is 6.26. The highest BCUT2D eigenvalue weighted by Crippen LogP contribution is 2.29. The van der Waals surface area contributed by atoms with E-state index in [0.717, 1.165) is 23.4 Å². The van der Waals surface area contributed by atoms with Gasteiger partial charge in [-0.25, -0.2) is 9.97 Å². The first kappa shape index (κ1) is 25.4. The Morgan fingerprint density at radius 3 is 2.50 bits per heavy atom. The number of halogens is 3. The number of fused-ring (bicyclic) bond motifs is 1. The van der Waals surface area contributed by atoms with Crippen LogP contribution in [0, 0.1) is 0 Å². The average molecular weight is 506 g/mol. The number of aromatic nitrogens is 4. The summed E-state index contributed by atoms with van der Waals surface area (Å²) in [6.07, 6.45) is 1.62. The van der Waals surface area contributed by atoms with Gasteiger partial charge in [0.05, 0.1) is 28.8 Å². The van der Waals surface area contributed by atoms with Gasteiger partial charge in [0.25, 0.3) is 0 Å². The van der Waals surface area contributed by atoms with E-state index in [1.807, 2.05) is 21.7 Å². The molecule has 4 heterocycles. The molecule has 10 nitrogen and oxygen atoms in total. The van der Waals surface area contributed by atoms with Gasteiger partial charge >= 0.3 is 6.18 Å². The molecule has 2 amide bonds. The fraction of sp³-hybridized carbons (Fsp3) is 0.435. The normalized spacial score (nSPS) is 14.8. The summed E-state index contributed by atoms with van der Waals surface area (Å²) in [4.78, 5) is 39.4. The van der Waals surface area contributed by atoms with E-state index in [9.17, 15) is 22.8 Å². The minimum Gasteiger partial charge on any atom is -0.370 e. The van der Waals surface area contributed by atoms with Crippen LogP contribution in [0.2, 0.25) is 0 Å². The number of piperidine rings is 1. The van der Waals surface area contributed by atoms with Crippen LogP contribution in [-0.2, 0) is 22.3 Å². The fourth-order valence-corrected chi connectivity index (χ4v) is 4.10. The number of primary amides is 1. The Labute approximate surface area is 204 Å². The van der Waals surface area contributed by atoms with Gasteiger partial charge in [-0.1, -0.05) is 0 Å². The zero-order chi connectivity index (χ0) is 25.9. The molecule has 0 saturated carbocycles. The molecule has 192 valence electrons. The lowest BCUT2D eigenvalue weighted by atomic mass is 10.0. The lowest BCUT2D eigenvalue weighted by Gasteiger charge is -2.36. The Kier molecular flexibility index (Phi) is 7.38. The third kappa shape index (κ3) is 5.73. The van der Waals surface area contributed by atoms with Crippen molar-refractivity contribution in [2.75, 3.05) is 38.3 Å². The molecule has 36 heavy (non-hydrogen) atoms. The molecule has 4 rings (SSSR count). The Morgan fingerprint density at radius 2 is 1.86 bits per heavy atom. The number of rotatable bonds is 8. The topological polar surface area (TPSA) is 119 Å². The summed E-state index contributed by atoms with van der Waals surface area (Å²) in [7, 11) is 1.72. The Balaban J connectivity index is 1.22. The SMILES string of the molecule is CN(C(=O)COCCn1ccc2ncc(C(N)=O)cc21)C1CCN(c2ncc(C(F)(F)F)cn2)CC1. The summed E-state index contributed by atoms with van der Waals surface area (Å²) in [5.41, 5.74) is 6.23. The van der Waals surface area contributed by atoms with Gasteiger partial charge in [0.2, 0.25) is 17.8 Å². The van der Waals surface area contributed by atoms with Crippen molar-refractivity contribution in [1.29, 1.82) is 0 Å². The maximum absolute atomic E-state index is 12.7. The van der Waals surface area contributed by atoms with Crippen LogP contribution < -0.4 is 10.6 Å². The van der Waals surface area contributed by atoms with Crippen LogP contribution in [0.3, 0.4) is 0 Å². The van der Waals surface area contributed by atoms with Crippen LogP contribution in [-0.4, -0.2) is 75.6 Å². The van der Waals surface area contributed by atoms with Crippen LogP contribution >= 0.6 is 0 Å². The van der Waals surface area contributed by atoms with Gasteiger partial charge in [-0.15, -0.1) is 0 Å². The molecule has 0 atom stereocenters. The monoisotopic (exact) mass is 505 g/mol. The summed E-state index contributed by atoms with van der Waals surface area (Å²) in [6.45, 7) is 1.72. The zero-order valence-corrected chi connectivity index (χ0v) is 19.6. The maximum atomic E-state index is 12.7. The lowest BCUT2D eigenvalue weighted by molar-refractivity contribution is -0.138. The molecule has 1 saturated heterocycles. The van der Waals surface area contributed by atoms with Gasteiger partial charge in [0.1, 0.15) is 6.61 Å². The van der Waals surface area contributed by atoms with E-state index in [1.54, 1.807) is 18.0 Å². The summed E-state index contributed by atoms with van der Waals surface area (Å²) >= 11 is 0. The molecule has 13 heteroatoms. The number of carbonyl (C=O) groups is 2. The minimum atomic E-state index is -4.47. The van der Waals surface area contributed by atoms with Gasteiger partial charge in [0.15, 0.2) is 0 Å². The second kappa shape index (κ2) is 10.5. The molecule has 0 spiro atoms. The van der Waals surface area contributed by atoms with Crippen LogP contribution in [0.25, 0.3) is 11.0 Å². The van der Waals surface area contributed by atoms with E-state index < -0.39 is 17.6 Å². The molecule has 0 aromatic carbocycles. The molecular weight excluding hydrogens is 479 g/mol. The highest BCUT2D eigenvalue weighted by molar-refractivity contribution is 5.95. The first-order chi connectivity index (χ1) is 17.1. The van der Waals surface area contributed by atoms with E-state index in [-0.39, 0.29) is 31.1 Å². The molecule has 1 fully saturated rings. The number of amides is 2. The number of nitrogens with zero attached hydrogens (tertiary/aromatic N) is 6. The molecule has 3 aromatic rings. The predicted molar refractivity (Wildman–Crippen MR) is 124 cm³/mol. The molecule has 0 aliphatic carbocycles. The van der Waals surface area contributed by atoms with Crippen LogP contribution in [0.1, 0.15) is 28.8 Å². The van der Waals surface area contributed by atoms with Gasteiger partial charge < -0.3 is 24.8 Å². The molecule has 1 aliphatic heterocycles. The molecule has 0 unspecified atom stereocenters. The smallest absolute Gasteiger partial charge is 0.370 e. The first-order valence-corrected chi connectivity index (χ1v) is 11.4. The van der Waals surface area contributed by atoms with Gasteiger partial charge in [0, 0.05) is 57.5 Å². The zero-order valence-electron chi connectivity index (χ0n) is 19.6. The fourth-order valence-electron chi connectivity index (χ4n) is 4.10. The second-order valence-corrected chi connectivity index (χ2v) is 8.55. The number of anilines is 1. The van der Waals surface area contributed by atoms with E-state index in [2.05, 4.69) is 15.0 Å². The summed E-state index contributed by atoms with van der Waals surface area (Å²) < 4.78 is 45.6. The first-order valence-electron chi connectivity index (χ1n) is 11.4. The Hall–Kier alpha value is -3.74. The van der Waals surface area contributed by atoms with Gasteiger partial charge in [-0.05, 0) is 25.0 Å². The van der Waals surface area contributed by atoms with Crippen molar-refractivity contribution < 1.29 is 27.5 Å². The average Bonchev–Trinajstić information content (AvgIpc) is 3.28. The largest absolute Gasteiger partial charge is 0.419 e.